The fourth-order valence-electron chi connectivity index (χ4n) is 2.94. The standard InChI is InChI=1S/C14H15NO2/c1-8-7-11-10(5-6-13(17)15-11)14-9(8)3-2-4-12(14)16/h7H,2-6H2,1H3,(H,15,17). The highest BCUT2D eigenvalue weighted by Gasteiger charge is 2.27. The first kappa shape index (κ1) is 10.5. The largest absolute Gasteiger partial charge is 0.326 e. The number of aryl methyl sites for hydroxylation is 1. The summed E-state index contributed by atoms with van der Waals surface area (Å²) >= 11 is 0. The van der Waals surface area contributed by atoms with Crippen LogP contribution in [0.25, 0.3) is 0 Å². The molecule has 3 rings (SSSR count). The Morgan fingerprint density at radius 3 is 2.71 bits per heavy atom. The van der Waals surface area contributed by atoms with Gasteiger partial charge in [-0.15, -0.1) is 0 Å². The van der Waals surface area contributed by atoms with Crippen LogP contribution in [0.5, 0.6) is 0 Å². The van der Waals surface area contributed by atoms with Gasteiger partial charge in [0.25, 0.3) is 0 Å². The van der Waals surface area contributed by atoms with Crippen LogP contribution >= 0.6 is 0 Å². The van der Waals surface area contributed by atoms with E-state index in [1.807, 2.05) is 13.0 Å². The van der Waals surface area contributed by atoms with Crippen LogP contribution in [0, 0.1) is 6.92 Å². The van der Waals surface area contributed by atoms with Crippen molar-refractivity contribution in [3.8, 4) is 0 Å². The average molecular weight is 229 g/mol. The van der Waals surface area contributed by atoms with Gasteiger partial charge in [0.15, 0.2) is 5.78 Å². The summed E-state index contributed by atoms with van der Waals surface area (Å²) in [4.78, 5) is 23.5. The molecule has 1 aliphatic heterocycles. The van der Waals surface area contributed by atoms with E-state index in [4.69, 9.17) is 0 Å². The normalized spacial score (nSPS) is 18.4. The van der Waals surface area contributed by atoms with Crippen LogP contribution in [0.15, 0.2) is 6.07 Å². The van der Waals surface area contributed by atoms with E-state index in [-0.39, 0.29) is 11.7 Å². The van der Waals surface area contributed by atoms with Crippen molar-refractivity contribution in [1.82, 2.24) is 0 Å². The van der Waals surface area contributed by atoms with Gasteiger partial charge in [-0.2, -0.15) is 0 Å². The van der Waals surface area contributed by atoms with Crippen LogP contribution in [0.1, 0.15) is 46.3 Å². The van der Waals surface area contributed by atoms with Gasteiger partial charge in [0.2, 0.25) is 5.91 Å². The molecule has 1 aromatic rings. The lowest BCUT2D eigenvalue weighted by Gasteiger charge is -2.26. The van der Waals surface area contributed by atoms with E-state index in [0.717, 1.165) is 35.2 Å². The second-order valence-corrected chi connectivity index (χ2v) is 4.90. The van der Waals surface area contributed by atoms with Gasteiger partial charge in [0.1, 0.15) is 0 Å². The van der Waals surface area contributed by atoms with Crippen molar-refractivity contribution in [3.63, 3.8) is 0 Å². The van der Waals surface area contributed by atoms with Crippen molar-refractivity contribution in [2.45, 2.75) is 39.0 Å². The molecule has 0 spiro atoms. The van der Waals surface area contributed by atoms with Crippen molar-refractivity contribution in [2.24, 2.45) is 0 Å². The van der Waals surface area contributed by atoms with E-state index in [1.54, 1.807) is 0 Å². The summed E-state index contributed by atoms with van der Waals surface area (Å²) in [5.41, 5.74) is 5.17. The first-order chi connectivity index (χ1) is 8.16. The molecule has 1 amide bonds. The van der Waals surface area contributed by atoms with Crippen LogP contribution in [0.4, 0.5) is 5.69 Å². The number of Topliss-reactive ketones (excluding diaryl/α,β-unsaturated/α-hetero) is 1. The summed E-state index contributed by atoms with van der Waals surface area (Å²) in [6.45, 7) is 2.03. The molecule has 0 atom stereocenters. The minimum absolute atomic E-state index is 0.0557. The zero-order valence-electron chi connectivity index (χ0n) is 9.93. The summed E-state index contributed by atoms with van der Waals surface area (Å²) < 4.78 is 0. The monoisotopic (exact) mass is 229 g/mol. The van der Waals surface area contributed by atoms with E-state index in [0.29, 0.717) is 19.3 Å². The zero-order valence-corrected chi connectivity index (χ0v) is 9.93. The topological polar surface area (TPSA) is 46.2 Å². The number of amides is 1. The van der Waals surface area contributed by atoms with Gasteiger partial charge in [0.05, 0.1) is 0 Å². The van der Waals surface area contributed by atoms with Crippen molar-refractivity contribution in [1.29, 1.82) is 0 Å². The fraction of sp³-hybridized carbons (Fsp3) is 0.429. The van der Waals surface area contributed by atoms with Crippen molar-refractivity contribution >= 4 is 17.4 Å². The van der Waals surface area contributed by atoms with E-state index < -0.39 is 0 Å². The van der Waals surface area contributed by atoms with Gasteiger partial charge < -0.3 is 5.32 Å². The Kier molecular flexibility index (Phi) is 2.28. The lowest BCUT2D eigenvalue weighted by molar-refractivity contribution is -0.116. The van der Waals surface area contributed by atoms with Gasteiger partial charge in [-0.05, 0) is 48.9 Å². The molecular weight excluding hydrogens is 214 g/mol. The predicted molar refractivity (Wildman–Crippen MR) is 65.4 cm³/mol. The number of hydrogen-bond donors (Lipinski definition) is 1. The number of carbonyl (C=O) groups is 2. The Morgan fingerprint density at radius 1 is 1.06 bits per heavy atom. The molecule has 3 nitrogen and oxygen atoms in total. The van der Waals surface area contributed by atoms with Crippen LogP contribution in [-0.2, 0) is 17.6 Å². The van der Waals surface area contributed by atoms with Gasteiger partial charge in [0, 0.05) is 24.1 Å². The molecule has 2 aliphatic rings. The maximum atomic E-state index is 12.1. The van der Waals surface area contributed by atoms with Crippen LogP contribution in [0.2, 0.25) is 0 Å². The Labute approximate surface area is 100 Å². The molecule has 0 bridgehead atoms. The number of anilines is 1. The third-order valence-electron chi connectivity index (χ3n) is 3.75. The maximum Gasteiger partial charge on any atom is 0.224 e. The zero-order chi connectivity index (χ0) is 12.0. The summed E-state index contributed by atoms with van der Waals surface area (Å²) in [7, 11) is 0. The summed E-state index contributed by atoms with van der Waals surface area (Å²) in [6.07, 6.45) is 3.80. The molecule has 0 fully saturated rings. The number of nitrogens with one attached hydrogen (secondary N) is 1. The molecule has 17 heavy (non-hydrogen) atoms. The highest BCUT2D eigenvalue weighted by molar-refractivity contribution is 6.04. The highest BCUT2D eigenvalue weighted by Crippen LogP contribution is 2.35. The molecule has 1 heterocycles. The Bertz CT molecular complexity index is 532. The minimum atomic E-state index is 0.0557. The molecule has 1 N–H and O–H groups in total. The summed E-state index contributed by atoms with van der Waals surface area (Å²) in [5, 5.41) is 2.88. The lowest BCUT2D eigenvalue weighted by Crippen LogP contribution is -2.24. The van der Waals surface area contributed by atoms with Crippen molar-refractivity contribution < 1.29 is 9.59 Å². The van der Waals surface area contributed by atoms with E-state index in [9.17, 15) is 9.59 Å². The molecule has 3 heteroatoms. The van der Waals surface area contributed by atoms with E-state index >= 15 is 0 Å². The third kappa shape index (κ3) is 1.57. The maximum absolute atomic E-state index is 12.1. The Balaban J connectivity index is 2.24. The predicted octanol–water partition coefficient (Wildman–Crippen LogP) is 2.40. The number of rotatable bonds is 0. The number of fused-ring (bicyclic) bond motifs is 3. The molecule has 0 aromatic heterocycles. The van der Waals surface area contributed by atoms with Gasteiger partial charge in [-0.1, -0.05) is 0 Å². The minimum Gasteiger partial charge on any atom is -0.326 e. The third-order valence-corrected chi connectivity index (χ3v) is 3.75. The van der Waals surface area contributed by atoms with Gasteiger partial charge in [-0.25, -0.2) is 0 Å². The molecule has 0 unspecified atom stereocenters. The van der Waals surface area contributed by atoms with Crippen LogP contribution < -0.4 is 5.32 Å². The first-order valence-electron chi connectivity index (χ1n) is 6.15. The molecule has 0 radical (unpaired) electrons. The van der Waals surface area contributed by atoms with Gasteiger partial charge >= 0.3 is 0 Å². The number of carbonyl (C=O) groups excluding carboxylic acids is 2. The first-order valence-corrected chi connectivity index (χ1v) is 6.15. The second kappa shape index (κ2) is 3.69. The molecule has 0 saturated heterocycles. The second-order valence-electron chi connectivity index (χ2n) is 4.90. The SMILES string of the molecule is Cc1cc2c(c3c1CCCC3=O)CCC(=O)N2. The highest BCUT2D eigenvalue weighted by atomic mass is 16.1. The smallest absolute Gasteiger partial charge is 0.224 e. The Hall–Kier alpha value is -1.64. The molecular formula is C14H15NO2. The number of hydrogen-bond acceptors (Lipinski definition) is 2. The molecule has 0 saturated carbocycles. The lowest BCUT2D eigenvalue weighted by atomic mass is 9.81. The number of ketones is 1. The van der Waals surface area contributed by atoms with Crippen molar-refractivity contribution in [3.05, 3.63) is 28.3 Å². The average Bonchev–Trinajstić information content (AvgIpc) is 2.29. The van der Waals surface area contributed by atoms with Gasteiger partial charge in [-0.3, -0.25) is 9.59 Å². The number of benzene rings is 1. The molecule has 88 valence electrons. The van der Waals surface area contributed by atoms with Crippen LogP contribution in [-0.4, -0.2) is 11.7 Å². The summed E-state index contributed by atoms with van der Waals surface area (Å²) in [6, 6.07) is 2.02. The molecule has 1 aromatic carbocycles. The summed E-state index contributed by atoms with van der Waals surface area (Å²) in [5.74, 6) is 0.308. The molecule has 1 aliphatic carbocycles. The van der Waals surface area contributed by atoms with Crippen LogP contribution in [0.3, 0.4) is 0 Å². The quantitative estimate of drug-likeness (QED) is 0.742. The Morgan fingerprint density at radius 2 is 1.88 bits per heavy atom. The van der Waals surface area contributed by atoms with Crippen molar-refractivity contribution in [2.75, 3.05) is 5.32 Å². The van der Waals surface area contributed by atoms with E-state index in [2.05, 4.69) is 5.32 Å². The van der Waals surface area contributed by atoms with E-state index in [1.165, 1.54) is 5.56 Å². The fourth-order valence-corrected chi connectivity index (χ4v) is 2.94.